The van der Waals surface area contributed by atoms with Crippen molar-refractivity contribution < 1.29 is 17.9 Å². The lowest BCUT2D eigenvalue weighted by atomic mass is 10.1. The number of unbranched alkanes of at least 4 members (excludes halogenated alkanes) is 1. The van der Waals surface area contributed by atoms with Crippen LogP contribution in [0.1, 0.15) is 37.7 Å². The van der Waals surface area contributed by atoms with Gasteiger partial charge in [0.15, 0.2) is 9.84 Å². The zero-order chi connectivity index (χ0) is 20.7. The Bertz CT molecular complexity index is 886. The van der Waals surface area contributed by atoms with Crippen molar-refractivity contribution in [3.63, 3.8) is 0 Å². The van der Waals surface area contributed by atoms with Gasteiger partial charge in [0.1, 0.15) is 5.75 Å². The monoisotopic (exact) mass is 415 g/mol. The fourth-order valence-corrected chi connectivity index (χ4v) is 5.51. The molecule has 0 atom stereocenters. The Hall–Kier alpha value is -2.34. The molecule has 2 aromatic carbocycles. The van der Waals surface area contributed by atoms with Crippen LogP contribution in [0.3, 0.4) is 0 Å². The molecule has 0 saturated carbocycles. The van der Waals surface area contributed by atoms with Crippen LogP contribution >= 0.6 is 0 Å². The molecule has 1 heterocycles. The highest BCUT2D eigenvalue weighted by atomic mass is 32.2. The van der Waals surface area contributed by atoms with Crippen LogP contribution in [0.15, 0.2) is 59.5 Å². The van der Waals surface area contributed by atoms with Gasteiger partial charge in [-0.2, -0.15) is 0 Å². The number of sulfone groups is 1. The summed E-state index contributed by atoms with van der Waals surface area (Å²) in [4.78, 5) is 14.6. The van der Waals surface area contributed by atoms with Crippen LogP contribution in [0.25, 0.3) is 0 Å². The third-order valence-corrected chi connectivity index (χ3v) is 7.85. The number of aryl methyl sites for hydroxylation is 1. The fourth-order valence-electron chi connectivity index (χ4n) is 3.78. The molecule has 6 heteroatoms. The van der Waals surface area contributed by atoms with Crippen molar-refractivity contribution >= 4 is 15.7 Å². The molecular weight excluding hydrogens is 386 g/mol. The van der Waals surface area contributed by atoms with Crippen molar-refractivity contribution in [3.05, 3.63) is 60.2 Å². The summed E-state index contributed by atoms with van der Waals surface area (Å²) < 4.78 is 30.8. The Kier molecular flexibility index (Phi) is 7.31. The molecule has 156 valence electrons. The van der Waals surface area contributed by atoms with Gasteiger partial charge in [-0.25, -0.2) is 8.42 Å². The molecule has 1 amide bonds. The topological polar surface area (TPSA) is 63.7 Å². The number of carbonyl (C=O) groups excluding carboxylic acids is 1. The average Bonchev–Trinajstić information content (AvgIpc) is 2.77. The molecule has 1 aliphatic heterocycles. The van der Waals surface area contributed by atoms with E-state index in [1.165, 1.54) is 5.56 Å². The quantitative estimate of drug-likeness (QED) is 0.614. The van der Waals surface area contributed by atoms with Crippen molar-refractivity contribution in [1.29, 1.82) is 0 Å². The number of benzene rings is 2. The normalized spacial score (nSPS) is 15.3. The minimum atomic E-state index is -3.38. The molecular formula is C23H29NO4S. The summed E-state index contributed by atoms with van der Waals surface area (Å²) in [5.74, 6) is 0.773. The minimum absolute atomic E-state index is 0.137. The van der Waals surface area contributed by atoms with E-state index in [0.717, 1.165) is 19.3 Å². The molecule has 0 N–H and O–H groups in total. The first-order chi connectivity index (χ1) is 14.0. The molecule has 1 fully saturated rings. The first-order valence-electron chi connectivity index (χ1n) is 10.2. The number of hydrogen-bond donors (Lipinski definition) is 0. The van der Waals surface area contributed by atoms with E-state index in [1.54, 1.807) is 31.4 Å². The lowest BCUT2D eigenvalue weighted by Gasteiger charge is -2.32. The Morgan fingerprint density at radius 3 is 2.28 bits per heavy atom. The summed E-state index contributed by atoms with van der Waals surface area (Å²) in [6, 6.07) is 16.8. The van der Waals surface area contributed by atoms with E-state index >= 15 is 0 Å². The largest absolute Gasteiger partial charge is 0.497 e. The number of methoxy groups -OCH3 is 1. The number of amides is 1. The van der Waals surface area contributed by atoms with Crippen molar-refractivity contribution in [1.82, 2.24) is 4.90 Å². The minimum Gasteiger partial charge on any atom is -0.497 e. The lowest BCUT2D eigenvalue weighted by molar-refractivity contribution is -0.132. The predicted octanol–water partition coefficient (Wildman–Crippen LogP) is 3.87. The highest BCUT2D eigenvalue weighted by Gasteiger charge is 2.32. The van der Waals surface area contributed by atoms with Crippen LogP contribution in [-0.2, 0) is 21.1 Å². The van der Waals surface area contributed by atoms with Gasteiger partial charge in [0.05, 0.1) is 17.3 Å². The molecule has 0 aromatic heterocycles. The second-order valence-electron chi connectivity index (χ2n) is 7.49. The molecule has 5 nitrogen and oxygen atoms in total. The van der Waals surface area contributed by atoms with Gasteiger partial charge >= 0.3 is 0 Å². The molecule has 0 unspecified atom stereocenters. The molecule has 3 rings (SSSR count). The van der Waals surface area contributed by atoms with E-state index in [0.29, 0.717) is 43.0 Å². The standard InChI is InChI=1S/C23H29NO4S/c1-28-20-11-13-21(14-12-20)29(26,27)22-15-17-24(18-16-22)23(25)10-6-5-9-19-7-3-2-4-8-19/h2-4,7-8,11-14,22H,5-6,9-10,15-18H2,1H3. The van der Waals surface area contributed by atoms with E-state index in [4.69, 9.17) is 4.74 Å². The molecule has 29 heavy (non-hydrogen) atoms. The van der Waals surface area contributed by atoms with Crippen LogP contribution in [0, 0.1) is 0 Å². The number of likely N-dealkylation sites (tertiary alicyclic amines) is 1. The van der Waals surface area contributed by atoms with Crippen LogP contribution in [-0.4, -0.2) is 44.7 Å². The third-order valence-electron chi connectivity index (χ3n) is 5.57. The van der Waals surface area contributed by atoms with Crippen LogP contribution in [0.4, 0.5) is 0 Å². The van der Waals surface area contributed by atoms with Gasteiger partial charge in [-0.1, -0.05) is 30.3 Å². The number of piperidine rings is 1. The Labute approximate surface area is 173 Å². The number of rotatable bonds is 8. The van der Waals surface area contributed by atoms with Crippen molar-refractivity contribution in [3.8, 4) is 5.75 Å². The van der Waals surface area contributed by atoms with Gasteiger partial charge < -0.3 is 9.64 Å². The van der Waals surface area contributed by atoms with Gasteiger partial charge in [0.2, 0.25) is 5.91 Å². The third kappa shape index (κ3) is 5.60. The molecule has 0 radical (unpaired) electrons. The lowest BCUT2D eigenvalue weighted by Crippen LogP contribution is -2.42. The van der Waals surface area contributed by atoms with Crippen molar-refractivity contribution in [2.24, 2.45) is 0 Å². The van der Waals surface area contributed by atoms with Crippen LogP contribution in [0.2, 0.25) is 0 Å². The van der Waals surface area contributed by atoms with Crippen molar-refractivity contribution in [2.45, 2.75) is 48.7 Å². The maximum atomic E-state index is 12.9. The second kappa shape index (κ2) is 9.92. The van der Waals surface area contributed by atoms with Crippen molar-refractivity contribution in [2.75, 3.05) is 20.2 Å². The van der Waals surface area contributed by atoms with Gasteiger partial charge in [0, 0.05) is 19.5 Å². The molecule has 1 aliphatic rings. The zero-order valence-electron chi connectivity index (χ0n) is 16.9. The van der Waals surface area contributed by atoms with E-state index in [1.807, 2.05) is 23.1 Å². The molecule has 1 saturated heterocycles. The van der Waals surface area contributed by atoms with Gasteiger partial charge in [-0.15, -0.1) is 0 Å². The van der Waals surface area contributed by atoms with E-state index in [2.05, 4.69) is 12.1 Å². The Morgan fingerprint density at radius 1 is 1.00 bits per heavy atom. The van der Waals surface area contributed by atoms with Gasteiger partial charge in [0.25, 0.3) is 0 Å². The first-order valence-corrected chi connectivity index (χ1v) is 11.7. The van der Waals surface area contributed by atoms with E-state index < -0.39 is 15.1 Å². The fraction of sp³-hybridized carbons (Fsp3) is 0.435. The summed E-state index contributed by atoms with van der Waals surface area (Å²) in [6.45, 7) is 1.02. The maximum Gasteiger partial charge on any atom is 0.222 e. The first kappa shape index (κ1) is 21.4. The maximum absolute atomic E-state index is 12.9. The molecule has 0 aliphatic carbocycles. The summed E-state index contributed by atoms with van der Waals surface area (Å²) in [6.07, 6.45) is 4.34. The second-order valence-corrected chi connectivity index (χ2v) is 9.72. The Morgan fingerprint density at radius 2 is 1.66 bits per heavy atom. The van der Waals surface area contributed by atoms with Gasteiger partial charge in [-0.3, -0.25) is 4.79 Å². The highest BCUT2D eigenvalue weighted by molar-refractivity contribution is 7.92. The smallest absolute Gasteiger partial charge is 0.222 e. The number of hydrogen-bond acceptors (Lipinski definition) is 4. The number of nitrogens with zero attached hydrogens (tertiary/aromatic N) is 1. The van der Waals surface area contributed by atoms with Crippen LogP contribution in [0.5, 0.6) is 5.75 Å². The summed E-state index contributed by atoms with van der Waals surface area (Å²) in [5.41, 5.74) is 1.30. The summed E-state index contributed by atoms with van der Waals surface area (Å²) in [7, 11) is -1.83. The molecule has 0 spiro atoms. The summed E-state index contributed by atoms with van der Waals surface area (Å²) in [5, 5.41) is -0.432. The Balaban J connectivity index is 1.44. The van der Waals surface area contributed by atoms with Crippen LogP contribution < -0.4 is 4.74 Å². The van der Waals surface area contributed by atoms with E-state index in [-0.39, 0.29) is 5.91 Å². The number of carbonyl (C=O) groups is 1. The summed E-state index contributed by atoms with van der Waals surface area (Å²) >= 11 is 0. The SMILES string of the molecule is COc1ccc(S(=O)(=O)C2CCN(C(=O)CCCCc3ccccc3)CC2)cc1. The number of ether oxygens (including phenoxy) is 1. The molecule has 0 bridgehead atoms. The van der Waals surface area contributed by atoms with Gasteiger partial charge in [-0.05, 0) is 61.9 Å². The average molecular weight is 416 g/mol. The van der Waals surface area contributed by atoms with E-state index in [9.17, 15) is 13.2 Å². The predicted molar refractivity (Wildman–Crippen MR) is 114 cm³/mol. The zero-order valence-corrected chi connectivity index (χ0v) is 17.7. The highest BCUT2D eigenvalue weighted by Crippen LogP contribution is 2.26. The molecule has 2 aromatic rings.